The third kappa shape index (κ3) is 5.98. The van der Waals surface area contributed by atoms with Gasteiger partial charge >= 0.3 is 0 Å². The van der Waals surface area contributed by atoms with Gasteiger partial charge in [0.2, 0.25) is 0 Å². The molecule has 2 saturated heterocycles. The van der Waals surface area contributed by atoms with Crippen LogP contribution in [0.4, 0.5) is 5.69 Å². The minimum atomic E-state index is -0.883. The molecule has 2 fully saturated rings. The highest BCUT2D eigenvalue weighted by molar-refractivity contribution is 6.46. The van der Waals surface area contributed by atoms with Gasteiger partial charge in [0.1, 0.15) is 11.5 Å². The van der Waals surface area contributed by atoms with E-state index in [1.54, 1.807) is 24.3 Å². The van der Waals surface area contributed by atoms with E-state index in [4.69, 9.17) is 9.47 Å². The Labute approximate surface area is 215 Å². The first-order valence-corrected chi connectivity index (χ1v) is 12.5. The summed E-state index contributed by atoms with van der Waals surface area (Å²) in [7, 11) is 0. The van der Waals surface area contributed by atoms with Crippen molar-refractivity contribution in [2.75, 3.05) is 46.0 Å². The Balaban J connectivity index is 1.71. The molecule has 1 atom stereocenters. The van der Waals surface area contributed by atoms with Crippen LogP contribution in [0.15, 0.2) is 54.1 Å². The first kappa shape index (κ1) is 26.3. The topological polar surface area (TPSA) is 122 Å². The van der Waals surface area contributed by atoms with Gasteiger partial charge in [-0.05, 0) is 36.2 Å². The number of ether oxygens (including phenoxy) is 2. The molecule has 0 bridgehead atoms. The summed E-state index contributed by atoms with van der Waals surface area (Å²) in [6.07, 6.45) is 1.85. The van der Waals surface area contributed by atoms with E-state index in [2.05, 4.69) is 11.8 Å². The molecule has 0 saturated carbocycles. The number of non-ortho nitro benzene ring substituents is 1. The fourth-order valence-corrected chi connectivity index (χ4v) is 4.53. The zero-order valence-electron chi connectivity index (χ0n) is 20.8. The molecule has 1 unspecified atom stereocenters. The number of amides is 1. The number of morpholine rings is 1. The normalized spacial score (nSPS) is 19.8. The number of aliphatic hydroxyl groups is 1. The fraction of sp³-hybridized carbons (Fsp3) is 0.407. The smallest absolute Gasteiger partial charge is 0.295 e. The summed E-state index contributed by atoms with van der Waals surface area (Å²) < 4.78 is 11.1. The maximum absolute atomic E-state index is 13.3. The largest absolute Gasteiger partial charge is 0.507 e. The van der Waals surface area contributed by atoms with E-state index in [0.717, 1.165) is 25.9 Å². The van der Waals surface area contributed by atoms with E-state index in [9.17, 15) is 24.8 Å². The van der Waals surface area contributed by atoms with Crippen LogP contribution in [-0.4, -0.2) is 77.5 Å². The summed E-state index contributed by atoms with van der Waals surface area (Å²) in [5, 5.41) is 22.5. The zero-order chi connectivity index (χ0) is 26.4. The Hall–Kier alpha value is -3.76. The van der Waals surface area contributed by atoms with Crippen LogP contribution in [0.25, 0.3) is 5.76 Å². The predicted molar refractivity (Wildman–Crippen MR) is 136 cm³/mol. The molecule has 10 heteroatoms. The lowest BCUT2D eigenvalue weighted by molar-refractivity contribution is -0.384. The molecule has 2 aliphatic rings. The summed E-state index contributed by atoms with van der Waals surface area (Å²) in [6, 6.07) is 11.6. The Bertz CT molecular complexity index is 1170. The van der Waals surface area contributed by atoms with E-state index >= 15 is 0 Å². The molecule has 0 aliphatic carbocycles. The molecule has 2 aromatic carbocycles. The van der Waals surface area contributed by atoms with Crippen LogP contribution >= 0.6 is 0 Å². The first-order chi connectivity index (χ1) is 17.9. The minimum absolute atomic E-state index is 0.0495. The molecule has 0 radical (unpaired) electrons. The monoisotopic (exact) mass is 509 g/mol. The quantitative estimate of drug-likeness (QED) is 0.129. The van der Waals surface area contributed by atoms with E-state index in [1.807, 2.05) is 0 Å². The Kier molecular flexibility index (Phi) is 8.52. The third-order valence-electron chi connectivity index (χ3n) is 6.59. The molecule has 2 aliphatic heterocycles. The van der Waals surface area contributed by atoms with Gasteiger partial charge < -0.3 is 19.5 Å². The molecule has 10 nitrogen and oxygen atoms in total. The number of ketones is 1. The number of benzene rings is 2. The number of nitro benzene ring substituents is 1. The predicted octanol–water partition coefficient (Wildman–Crippen LogP) is 3.53. The number of unbranched alkanes of at least 4 members (excludes halogenated alkanes) is 1. The van der Waals surface area contributed by atoms with Crippen LogP contribution in [-0.2, 0) is 14.3 Å². The van der Waals surface area contributed by atoms with Crippen LogP contribution in [0.3, 0.4) is 0 Å². The van der Waals surface area contributed by atoms with Crippen molar-refractivity contribution in [3.63, 3.8) is 0 Å². The number of carbonyl (C=O) groups excluding carboxylic acids is 2. The molecule has 4 rings (SSSR count). The highest BCUT2D eigenvalue weighted by atomic mass is 16.6. The SMILES string of the molecule is CCCCOc1cccc(/C(O)=C2\C(=O)C(=O)N(CCN3CCOCC3)C2c2ccc([N+](=O)[O-])cc2)c1. The van der Waals surface area contributed by atoms with E-state index in [0.29, 0.717) is 43.2 Å². The lowest BCUT2D eigenvalue weighted by Crippen LogP contribution is -2.42. The van der Waals surface area contributed by atoms with E-state index in [1.165, 1.54) is 29.2 Å². The Morgan fingerprint density at radius 1 is 1.14 bits per heavy atom. The average Bonchev–Trinajstić information content (AvgIpc) is 3.17. The van der Waals surface area contributed by atoms with Crippen molar-refractivity contribution in [3.8, 4) is 5.75 Å². The van der Waals surface area contributed by atoms with Crippen molar-refractivity contribution < 1.29 is 29.1 Å². The van der Waals surface area contributed by atoms with Crippen molar-refractivity contribution in [1.29, 1.82) is 0 Å². The lowest BCUT2D eigenvalue weighted by atomic mass is 9.95. The second-order valence-corrected chi connectivity index (χ2v) is 9.02. The number of carbonyl (C=O) groups is 2. The summed E-state index contributed by atoms with van der Waals surface area (Å²) in [6.45, 7) is 6.00. The number of hydrogen-bond acceptors (Lipinski definition) is 8. The van der Waals surface area contributed by atoms with Crippen molar-refractivity contribution >= 4 is 23.1 Å². The molecule has 0 aromatic heterocycles. The van der Waals surface area contributed by atoms with Crippen LogP contribution < -0.4 is 4.74 Å². The zero-order valence-corrected chi connectivity index (χ0v) is 20.8. The van der Waals surface area contributed by atoms with Crippen LogP contribution in [0, 0.1) is 10.1 Å². The number of rotatable bonds is 10. The second-order valence-electron chi connectivity index (χ2n) is 9.02. The highest BCUT2D eigenvalue weighted by Crippen LogP contribution is 2.40. The molecule has 37 heavy (non-hydrogen) atoms. The Morgan fingerprint density at radius 3 is 2.54 bits per heavy atom. The first-order valence-electron chi connectivity index (χ1n) is 12.5. The Morgan fingerprint density at radius 2 is 1.86 bits per heavy atom. The highest BCUT2D eigenvalue weighted by Gasteiger charge is 2.46. The number of nitrogens with zero attached hydrogens (tertiary/aromatic N) is 3. The maximum atomic E-state index is 13.3. The van der Waals surface area contributed by atoms with Gasteiger partial charge in [-0.2, -0.15) is 0 Å². The van der Waals surface area contributed by atoms with Gasteiger partial charge in [0, 0.05) is 43.9 Å². The lowest BCUT2D eigenvalue weighted by Gasteiger charge is -2.31. The summed E-state index contributed by atoms with van der Waals surface area (Å²) in [4.78, 5) is 40.7. The molecular formula is C27H31N3O7. The van der Waals surface area contributed by atoms with Gasteiger partial charge in [-0.25, -0.2) is 0 Å². The van der Waals surface area contributed by atoms with E-state index in [-0.39, 0.29) is 23.6 Å². The minimum Gasteiger partial charge on any atom is -0.507 e. The molecule has 196 valence electrons. The van der Waals surface area contributed by atoms with E-state index < -0.39 is 22.7 Å². The van der Waals surface area contributed by atoms with Crippen LogP contribution in [0.1, 0.15) is 36.9 Å². The van der Waals surface area contributed by atoms with Gasteiger partial charge in [-0.15, -0.1) is 0 Å². The molecule has 2 aromatic rings. The molecule has 1 amide bonds. The molecule has 0 spiro atoms. The second kappa shape index (κ2) is 12.0. The number of hydrogen-bond donors (Lipinski definition) is 1. The standard InChI is InChI=1S/C27H31N3O7/c1-2-3-15-37-22-6-4-5-20(18-22)25(31)23-24(19-7-9-21(10-8-19)30(34)35)29(27(33)26(23)32)12-11-28-13-16-36-17-14-28/h4-10,18,24,31H,2-3,11-17H2,1H3/b25-23+. The summed E-state index contributed by atoms with van der Waals surface area (Å²) in [5.41, 5.74) is 0.702. The van der Waals surface area contributed by atoms with Gasteiger partial charge in [-0.1, -0.05) is 25.5 Å². The van der Waals surface area contributed by atoms with Crippen molar-refractivity contribution in [2.45, 2.75) is 25.8 Å². The van der Waals surface area contributed by atoms with Gasteiger partial charge in [0.05, 0.1) is 36.4 Å². The molecule has 1 N–H and O–H groups in total. The number of aliphatic hydroxyl groups excluding tert-OH is 1. The molecular weight excluding hydrogens is 478 g/mol. The third-order valence-corrected chi connectivity index (χ3v) is 6.59. The van der Waals surface area contributed by atoms with Crippen molar-refractivity contribution in [2.24, 2.45) is 0 Å². The number of nitro groups is 1. The van der Waals surface area contributed by atoms with Crippen molar-refractivity contribution in [3.05, 3.63) is 75.3 Å². The maximum Gasteiger partial charge on any atom is 0.295 e. The van der Waals surface area contributed by atoms with Crippen molar-refractivity contribution in [1.82, 2.24) is 9.80 Å². The summed E-state index contributed by atoms with van der Waals surface area (Å²) >= 11 is 0. The average molecular weight is 510 g/mol. The number of likely N-dealkylation sites (tertiary alicyclic amines) is 1. The molecule has 2 heterocycles. The van der Waals surface area contributed by atoms with Gasteiger partial charge in [0.15, 0.2) is 0 Å². The van der Waals surface area contributed by atoms with Crippen LogP contribution in [0.5, 0.6) is 5.75 Å². The van der Waals surface area contributed by atoms with Crippen LogP contribution in [0.2, 0.25) is 0 Å². The van der Waals surface area contributed by atoms with Gasteiger partial charge in [0.25, 0.3) is 17.4 Å². The summed E-state index contributed by atoms with van der Waals surface area (Å²) in [5.74, 6) is -1.27. The number of Topliss-reactive ketones (excluding diaryl/α,β-unsaturated/α-hetero) is 1. The van der Waals surface area contributed by atoms with Gasteiger partial charge in [-0.3, -0.25) is 24.6 Å². The fourth-order valence-electron chi connectivity index (χ4n) is 4.53.